The number of nitrogens with zero attached hydrogens (tertiary/aromatic N) is 1. The summed E-state index contributed by atoms with van der Waals surface area (Å²) in [6.07, 6.45) is 0.738. The van der Waals surface area contributed by atoms with Gasteiger partial charge in [0.25, 0.3) is 5.91 Å². The molecule has 2 N–H and O–H groups in total. The third-order valence-electron chi connectivity index (χ3n) is 3.76. The summed E-state index contributed by atoms with van der Waals surface area (Å²) in [6.45, 7) is 0.994. The van der Waals surface area contributed by atoms with Crippen molar-refractivity contribution < 1.29 is 9.18 Å². The predicted molar refractivity (Wildman–Crippen MR) is 83.4 cm³/mol. The second kappa shape index (κ2) is 5.48. The van der Waals surface area contributed by atoms with E-state index in [1.54, 1.807) is 11.0 Å². The zero-order valence-corrected chi connectivity index (χ0v) is 12.9. The van der Waals surface area contributed by atoms with Gasteiger partial charge in [-0.3, -0.25) is 4.79 Å². The van der Waals surface area contributed by atoms with Gasteiger partial charge in [0.15, 0.2) is 0 Å². The van der Waals surface area contributed by atoms with Gasteiger partial charge in [0.2, 0.25) is 0 Å². The van der Waals surface area contributed by atoms with E-state index in [4.69, 9.17) is 5.73 Å². The fourth-order valence-electron chi connectivity index (χ4n) is 2.61. The van der Waals surface area contributed by atoms with Crippen molar-refractivity contribution >= 4 is 27.5 Å². The number of rotatable bonds is 1. The smallest absolute Gasteiger partial charge is 0.257 e. The monoisotopic (exact) mass is 348 g/mol. The zero-order valence-electron chi connectivity index (χ0n) is 11.3. The lowest BCUT2D eigenvalue weighted by Gasteiger charge is -2.30. The molecule has 1 amide bonds. The van der Waals surface area contributed by atoms with Crippen LogP contribution < -0.4 is 5.73 Å². The number of hydrogen-bond acceptors (Lipinski definition) is 2. The molecule has 1 aliphatic rings. The molecule has 0 fully saturated rings. The Labute approximate surface area is 130 Å². The van der Waals surface area contributed by atoms with E-state index in [0.717, 1.165) is 17.5 Å². The minimum atomic E-state index is -0.505. The van der Waals surface area contributed by atoms with Crippen LogP contribution in [0, 0.1) is 5.82 Å². The number of benzene rings is 2. The van der Waals surface area contributed by atoms with Crippen LogP contribution in [0.15, 0.2) is 40.9 Å². The molecule has 1 aliphatic heterocycles. The lowest BCUT2D eigenvalue weighted by atomic mass is 9.97. The van der Waals surface area contributed by atoms with E-state index < -0.39 is 5.82 Å². The number of fused-ring (bicyclic) bond motifs is 1. The van der Waals surface area contributed by atoms with Gasteiger partial charge in [-0.2, -0.15) is 0 Å². The second-order valence-corrected chi connectivity index (χ2v) is 6.00. The summed E-state index contributed by atoms with van der Waals surface area (Å²) in [5.41, 5.74) is 8.87. The quantitative estimate of drug-likeness (QED) is 0.803. The average molecular weight is 349 g/mol. The molecule has 0 bridgehead atoms. The Hall–Kier alpha value is -1.88. The Balaban J connectivity index is 1.91. The minimum absolute atomic E-state index is 0.0855. The van der Waals surface area contributed by atoms with Gasteiger partial charge < -0.3 is 10.6 Å². The molecule has 3 nitrogen and oxygen atoms in total. The van der Waals surface area contributed by atoms with Crippen LogP contribution in [0.2, 0.25) is 0 Å². The van der Waals surface area contributed by atoms with Crippen LogP contribution in [0.4, 0.5) is 10.1 Å². The van der Waals surface area contributed by atoms with Crippen molar-refractivity contribution in [2.45, 2.75) is 13.0 Å². The molecule has 0 unspecified atom stereocenters. The Morgan fingerprint density at radius 2 is 2.10 bits per heavy atom. The number of anilines is 1. The number of amides is 1. The van der Waals surface area contributed by atoms with Gasteiger partial charge in [0.1, 0.15) is 5.82 Å². The molecule has 0 aromatic heterocycles. The highest BCUT2D eigenvalue weighted by Crippen LogP contribution is 2.26. The van der Waals surface area contributed by atoms with Crippen molar-refractivity contribution in [2.24, 2.45) is 0 Å². The lowest BCUT2D eigenvalue weighted by molar-refractivity contribution is 0.0730. The highest BCUT2D eigenvalue weighted by atomic mass is 79.9. The summed E-state index contributed by atoms with van der Waals surface area (Å²) in [6, 6.07) is 10.2. The van der Waals surface area contributed by atoms with E-state index in [1.807, 2.05) is 18.2 Å². The van der Waals surface area contributed by atoms with Gasteiger partial charge in [-0.15, -0.1) is 0 Å². The molecule has 0 spiro atoms. The molecule has 3 rings (SSSR count). The molecule has 108 valence electrons. The summed E-state index contributed by atoms with van der Waals surface area (Å²) in [7, 11) is 0. The highest BCUT2D eigenvalue weighted by Gasteiger charge is 2.24. The number of carbonyl (C=O) groups is 1. The maximum absolute atomic E-state index is 13.9. The number of nitrogen functional groups attached to an aromatic ring is 1. The number of nitrogens with two attached hydrogens (primary N) is 1. The standard InChI is InChI=1S/C16H14BrFN2O/c17-11-4-5-14(18)12(8-11)16(21)20-7-6-10-2-1-3-15(19)13(10)9-20/h1-5,8H,6-7,9,19H2. The fraction of sp³-hybridized carbons (Fsp3) is 0.188. The van der Waals surface area contributed by atoms with Gasteiger partial charge in [-0.1, -0.05) is 28.1 Å². The van der Waals surface area contributed by atoms with Crippen LogP contribution in [0.1, 0.15) is 21.5 Å². The molecule has 0 aliphatic carbocycles. The number of halogens is 2. The zero-order chi connectivity index (χ0) is 15.0. The highest BCUT2D eigenvalue weighted by molar-refractivity contribution is 9.10. The molecule has 0 saturated heterocycles. The van der Waals surface area contributed by atoms with Crippen molar-refractivity contribution in [3.05, 3.63) is 63.4 Å². The Morgan fingerprint density at radius 3 is 2.90 bits per heavy atom. The molecule has 0 radical (unpaired) electrons. The third-order valence-corrected chi connectivity index (χ3v) is 4.25. The second-order valence-electron chi connectivity index (χ2n) is 5.09. The summed E-state index contributed by atoms with van der Waals surface area (Å²) in [4.78, 5) is 14.2. The first-order chi connectivity index (χ1) is 10.1. The average Bonchev–Trinajstić information content (AvgIpc) is 2.49. The summed E-state index contributed by atoms with van der Waals surface area (Å²) < 4.78 is 14.5. The minimum Gasteiger partial charge on any atom is -0.398 e. The summed E-state index contributed by atoms with van der Waals surface area (Å²) in [5.74, 6) is -0.808. The molecular formula is C16H14BrFN2O. The van der Waals surface area contributed by atoms with Crippen LogP contribution in [-0.4, -0.2) is 17.4 Å². The van der Waals surface area contributed by atoms with Crippen LogP contribution in [0.25, 0.3) is 0 Å². The molecule has 2 aromatic rings. The summed E-state index contributed by atoms with van der Waals surface area (Å²) >= 11 is 3.27. The van der Waals surface area contributed by atoms with Crippen molar-refractivity contribution in [1.82, 2.24) is 4.90 Å². The van der Waals surface area contributed by atoms with E-state index in [-0.39, 0.29) is 11.5 Å². The van der Waals surface area contributed by atoms with Gasteiger partial charge >= 0.3 is 0 Å². The predicted octanol–water partition coefficient (Wildman–Crippen LogP) is 3.37. The van der Waals surface area contributed by atoms with E-state index in [2.05, 4.69) is 15.9 Å². The third kappa shape index (κ3) is 2.65. The van der Waals surface area contributed by atoms with E-state index in [9.17, 15) is 9.18 Å². The van der Waals surface area contributed by atoms with Crippen molar-refractivity contribution in [2.75, 3.05) is 12.3 Å². The fourth-order valence-corrected chi connectivity index (χ4v) is 2.97. The molecule has 0 saturated carbocycles. The topological polar surface area (TPSA) is 46.3 Å². The number of carbonyl (C=O) groups excluding carboxylic acids is 1. The summed E-state index contributed by atoms with van der Waals surface area (Å²) in [5, 5.41) is 0. The Morgan fingerprint density at radius 1 is 1.29 bits per heavy atom. The Kier molecular flexibility index (Phi) is 3.68. The maximum Gasteiger partial charge on any atom is 0.257 e. The molecule has 1 heterocycles. The van der Waals surface area contributed by atoms with Gasteiger partial charge in [-0.25, -0.2) is 4.39 Å². The van der Waals surface area contributed by atoms with Crippen LogP contribution in [0.3, 0.4) is 0 Å². The normalized spacial score (nSPS) is 13.9. The van der Waals surface area contributed by atoms with Crippen LogP contribution in [0.5, 0.6) is 0 Å². The van der Waals surface area contributed by atoms with Crippen molar-refractivity contribution in [3.63, 3.8) is 0 Å². The number of hydrogen-bond donors (Lipinski definition) is 1. The maximum atomic E-state index is 13.9. The van der Waals surface area contributed by atoms with E-state index in [0.29, 0.717) is 23.2 Å². The SMILES string of the molecule is Nc1cccc2c1CN(C(=O)c1cc(Br)ccc1F)CC2. The molecule has 2 aromatic carbocycles. The molecule has 0 atom stereocenters. The first-order valence-electron chi connectivity index (χ1n) is 6.67. The van der Waals surface area contributed by atoms with Crippen LogP contribution in [-0.2, 0) is 13.0 Å². The van der Waals surface area contributed by atoms with Crippen LogP contribution >= 0.6 is 15.9 Å². The van der Waals surface area contributed by atoms with Gasteiger partial charge in [0.05, 0.1) is 5.56 Å². The first-order valence-corrected chi connectivity index (χ1v) is 7.46. The van der Waals surface area contributed by atoms with Gasteiger partial charge in [0, 0.05) is 23.2 Å². The largest absolute Gasteiger partial charge is 0.398 e. The van der Waals surface area contributed by atoms with Crippen molar-refractivity contribution in [1.29, 1.82) is 0 Å². The van der Waals surface area contributed by atoms with Gasteiger partial charge in [-0.05, 0) is 41.8 Å². The molecule has 21 heavy (non-hydrogen) atoms. The Bertz CT molecular complexity index is 717. The van der Waals surface area contributed by atoms with E-state index in [1.165, 1.54) is 12.1 Å². The van der Waals surface area contributed by atoms with Crippen molar-refractivity contribution in [3.8, 4) is 0 Å². The molecule has 5 heteroatoms. The molecular weight excluding hydrogens is 335 g/mol. The first kappa shape index (κ1) is 14.1. The van der Waals surface area contributed by atoms with E-state index >= 15 is 0 Å². The lowest BCUT2D eigenvalue weighted by Crippen LogP contribution is -2.36.